The van der Waals surface area contributed by atoms with Crippen molar-refractivity contribution >= 4 is 64.2 Å². The van der Waals surface area contributed by atoms with Gasteiger partial charge in [0.05, 0.1) is 47.5 Å². The molecule has 3 fully saturated rings. The quantitative estimate of drug-likeness (QED) is 0.0202. The zero-order valence-electron chi connectivity index (χ0n) is 71.7. The minimum absolute atomic E-state index is 0.0202. The number of aryl methyl sites for hydroxylation is 16. The van der Waals surface area contributed by atoms with Gasteiger partial charge in [-0.3, -0.25) is 9.59 Å². The van der Waals surface area contributed by atoms with Crippen LogP contribution in [0.2, 0.25) is 5.02 Å². The first-order valence-electron chi connectivity index (χ1n) is 39.2. The van der Waals surface area contributed by atoms with Crippen LogP contribution < -0.4 is 11.1 Å². The van der Waals surface area contributed by atoms with Gasteiger partial charge in [-0.05, 0) is 263 Å². The van der Waals surface area contributed by atoms with Crippen LogP contribution in [0, 0.1) is 116 Å². The third kappa shape index (κ3) is 24.1. The van der Waals surface area contributed by atoms with Crippen LogP contribution in [0.1, 0.15) is 178 Å². The third-order valence-electron chi connectivity index (χ3n) is 18.8. The Bertz CT molecular complexity index is 5850. The van der Waals surface area contributed by atoms with Crippen LogP contribution in [0.25, 0.3) is 51.7 Å². The molecule has 3 aliphatic rings. The van der Waals surface area contributed by atoms with Crippen molar-refractivity contribution in [2.75, 3.05) is 31.3 Å². The molecule has 0 radical (unpaired) electrons. The Kier molecular flexibility index (Phi) is 31.0. The number of nitrogens with two attached hydrogens (primary N) is 1. The summed E-state index contributed by atoms with van der Waals surface area (Å²) in [6.45, 7) is 41.9. The zero-order valence-corrected chi connectivity index (χ0v) is 72.5. The number of aliphatic carboxylic acids is 1. The normalized spacial score (nSPS) is 15.4. The molecule has 120 heavy (non-hydrogen) atoms. The van der Waals surface area contributed by atoms with Gasteiger partial charge >= 0.3 is 24.1 Å². The van der Waals surface area contributed by atoms with E-state index in [4.69, 9.17) is 37.7 Å². The predicted molar refractivity (Wildman–Crippen MR) is 461 cm³/mol. The number of imidazole rings is 1. The van der Waals surface area contributed by atoms with Gasteiger partial charge in [0.15, 0.2) is 29.1 Å². The topological polar surface area (TPSA) is 400 Å². The van der Waals surface area contributed by atoms with Gasteiger partial charge in [0.1, 0.15) is 64.1 Å². The van der Waals surface area contributed by atoms with E-state index in [9.17, 15) is 14.4 Å². The molecule has 0 spiro atoms. The number of carboxylic acid groups (broad SMARTS) is 1. The van der Waals surface area contributed by atoms with Crippen molar-refractivity contribution in [3.8, 4) is 29.1 Å². The van der Waals surface area contributed by atoms with E-state index >= 15 is 0 Å². The second-order valence-electron chi connectivity index (χ2n) is 28.9. The second-order valence-corrected chi connectivity index (χ2v) is 29.3. The molecule has 2 aromatic carbocycles. The number of para-hydroxylation sites is 4. The molecule has 626 valence electrons. The number of allylic oxidation sites excluding steroid dienone is 1. The van der Waals surface area contributed by atoms with Crippen LogP contribution in [0.5, 0.6) is 0 Å². The number of carboxylic acids is 1. The monoisotopic (exact) mass is 1640 g/mol. The maximum atomic E-state index is 11.8. The van der Waals surface area contributed by atoms with Gasteiger partial charge < -0.3 is 35.7 Å². The number of carbonyl (C=O) groups excluding carboxylic acids is 2. The van der Waals surface area contributed by atoms with Crippen molar-refractivity contribution in [1.82, 2.24) is 108 Å². The standard InChI is InChI=1S/C21H22N6.C16H20N4O2.C14H16N4O2.C12H14N4.C10H11ClN4.C7H10N2.C4H6N2O2.C3H6/c1-12-9-15(10-20(22-12)27-14(3)23-13(2)25-27)16-11-17(16)21-24-18-7-5-6-8-19(18)26(21)4;1-5-22-16(21)14-8-13(14)12-6-9(2)17-15(7-12)20-11(4)18-10(3)19-20;1-7-4-10(11-6-12(11)14(19)20)5-13(15-7)18-9(3)16-8(2)17-18;1-5-11-6-8(2)13-12(7-11)16-10(4)14-9(3)15-16;1-6-4-9(11)5-10(12-6)15-8(3)13-7(2)14-15;1-9-7-5-3-2-4-6(7)8;1-2-8-4(7)3-6-5;1-3-2/h5-10,16-17H,11H2,1-4H3;6-7,13-14H,5,8H2,1-4H3;4-5,11-12H,6H2,1-3H3,(H,19,20);5-7H,1H2,2-4H3;4-5H,1-3H3;2-5,9H,8H2,1H3;3H,2H2,1H3;3H,1H2,2H3/t16?,17-;13?,14-;11?,12-;;;;;/m000...../s1. The third-order valence-corrected chi connectivity index (χ3v) is 19.1. The highest BCUT2D eigenvalue weighted by Gasteiger charge is 2.46. The Morgan fingerprint density at radius 2 is 0.900 bits per heavy atom. The molecule has 6 atom stereocenters. The van der Waals surface area contributed by atoms with Crippen molar-refractivity contribution in [1.29, 1.82) is 0 Å². The lowest BCUT2D eigenvalue weighted by Crippen LogP contribution is -2.08. The number of benzene rings is 2. The van der Waals surface area contributed by atoms with E-state index in [0.717, 1.165) is 145 Å². The van der Waals surface area contributed by atoms with Crippen LogP contribution in [0.15, 0.2) is 128 Å². The lowest BCUT2D eigenvalue weighted by molar-refractivity contribution is -0.145. The minimum Gasteiger partial charge on any atom is -0.481 e. The van der Waals surface area contributed by atoms with E-state index in [1.54, 1.807) is 43.9 Å². The van der Waals surface area contributed by atoms with Crippen molar-refractivity contribution in [2.45, 2.75) is 168 Å². The van der Waals surface area contributed by atoms with Gasteiger partial charge in [0.25, 0.3) is 0 Å². The fraction of sp³-hybridized carbons (Fsp3) is 0.356. The molecule has 11 aromatic heterocycles. The highest BCUT2D eigenvalue weighted by Crippen LogP contribution is 2.55. The summed E-state index contributed by atoms with van der Waals surface area (Å²) >= 11 is 5.96. The first kappa shape index (κ1) is 90.4. The maximum absolute atomic E-state index is 11.8. The molecule has 16 rings (SSSR count). The van der Waals surface area contributed by atoms with E-state index in [2.05, 4.69) is 145 Å². The number of ether oxygens (including phenoxy) is 2. The van der Waals surface area contributed by atoms with Crippen molar-refractivity contribution in [3.05, 3.63) is 254 Å². The lowest BCUT2D eigenvalue weighted by atomic mass is 10.1. The molecule has 33 heteroatoms. The summed E-state index contributed by atoms with van der Waals surface area (Å²) in [5.74, 6) is 12.2. The Morgan fingerprint density at radius 3 is 1.27 bits per heavy atom. The van der Waals surface area contributed by atoms with Gasteiger partial charge in [-0.25, -0.2) is 59.6 Å². The number of aromatic nitrogens is 22. The molecule has 4 N–H and O–H groups in total. The zero-order chi connectivity index (χ0) is 87.5. The molecule has 13 aromatic rings. The van der Waals surface area contributed by atoms with E-state index in [-0.39, 0.29) is 29.6 Å². The fourth-order valence-electron chi connectivity index (χ4n) is 13.5. The Balaban J connectivity index is 0.000000163. The largest absolute Gasteiger partial charge is 0.481 e. The highest BCUT2D eigenvalue weighted by molar-refractivity contribution is 6.30. The number of hydrogen-bond acceptors (Lipinski definition) is 23. The molecular formula is C87H105ClN26O6. The maximum Gasteiger partial charge on any atom is 0.413 e. The SMILES string of the molecule is C=CC.C=Cc1cc(C)nc(-n2nc(C)nc2C)c1.CCOC(=O)C=[N+]=[N-].CCOC(=O)[C@H]1CC1c1cc(C)nc(-n2nc(C)nc2C)c1.CNc1ccccc1N.Cc1cc(C2C[C@@H]2C(=O)O)cc(-n2nc(C)nc2C)n1.Cc1cc(C2C[C@@H]2c2nc3ccccc3n2C)cc(-n2nc(C)nc2C)n1.Cc1cc(Cl)cc(-n2nc(C)nc2C)n1. The van der Waals surface area contributed by atoms with E-state index in [1.165, 1.54) is 16.9 Å². The minimum atomic E-state index is -0.723. The summed E-state index contributed by atoms with van der Waals surface area (Å²) < 4.78 is 20.4. The fourth-order valence-corrected chi connectivity index (χ4v) is 13.8. The summed E-state index contributed by atoms with van der Waals surface area (Å²) in [6.07, 6.45) is 6.92. The summed E-state index contributed by atoms with van der Waals surface area (Å²) in [4.78, 5) is 84.2. The molecular weight excluding hydrogens is 1540 g/mol. The smallest absolute Gasteiger partial charge is 0.413 e. The number of nitrogen functional groups attached to an aromatic ring is 1. The average molecular weight is 1650 g/mol. The highest BCUT2D eigenvalue weighted by atomic mass is 35.5. The van der Waals surface area contributed by atoms with E-state index < -0.39 is 11.9 Å². The number of carbonyl (C=O) groups is 3. The Hall–Kier alpha value is -13.5. The molecule has 3 saturated carbocycles. The van der Waals surface area contributed by atoms with E-state index in [0.29, 0.717) is 60.2 Å². The molecule has 3 aliphatic carbocycles. The van der Waals surface area contributed by atoms with Gasteiger partial charge in [-0.1, -0.05) is 54.6 Å². The molecule has 3 unspecified atom stereocenters. The van der Waals surface area contributed by atoms with Crippen LogP contribution in [0.3, 0.4) is 0 Å². The Morgan fingerprint density at radius 1 is 0.517 bits per heavy atom. The number of nitrogens with one attached hydrogen (secondary N) is 1. The average Bonchev–Trinajstić information content (AvgIpc) is 1.59. The first-order valence-corrected chi connectivity index (χ1v) is 39.5. The number of fused-ring (bicyclic) bond motifs is 1. The van der Waals surface area contributed by atoms with Crippen LogP contribution >= 0.6 is 11.6 Å². The molecule has 11 heterocycles. The lowest BCUT2D eigenvalue weighted by Gasteiger charge is -2.08. The van der Waals surface area contributed by atoms with Gasteiger partial charge in [-0.2, -0.15) is 28.2 Å². The first-order chi connectivity index (χ1) is 57.2. The van der Waals surface area contributed by atoms with Crippen LogP contribution in [-0.2, 0) is 30.9 Å². The van der Waals surface area contributed by atoms with Crippen molar-refractivity contribution in [2.24, 2.45) is 18.9 Å². The van der Waals surface area contributed by atoms with Crippen molar-refractivity contribution < 1.29 is 33.8 Å². The van der Waals surface area contributed by atoms with Crippen LogP contribution in [-0.4, -0.2) is 163 Å². The number of esters is 2. The molecule has 0 saturated heterocycles. The number of pyridine rings is 5. The predicted octanol–water partition coefficient (Wildman–Crippen LogP) is 14.6. The Labute approximate surface area is 703 Å². The van der Waals surface area contributed by atoms with Gasteiger partial charge in [0.2, 0.25) is 0 Å². The van der Waals surface area contributed by atoms with Gasteiger partial charge in [-0.15, -0.1) is 32.1 Å². The van der Waals surface area contributed by atoms with E-state index in [1.807, 2.05) is 202 Å². The molecule has 0 aliphatic heterocycles. The number of anilines is 2. The number of halogens is 1. The molecule has 0 bridgehead atoms. The van der Waals surface area contributed by atoms with Crippen molar-refractivity contribution in [3.63, 3.8) is 0 Å². The molecule has 32 nitrogen and oxygen atoms in total. The van der Waals surface area contributed by atoms with Crippen LogP contribution in [0.4, 0.5) is 11.4 Å². The van der Waals surface area contributed by atoms with Gasteiger partial charge in [0, 0.05) is 59.6 Å². The molecule has 0 amide bonds. The summed E-state index contributed by atoms with van der Waals surface area (Å²) in [6, 6.07) is 35.8. The summed E-state index contributed by atoms with van der Waals surface area (Å²) in [7, 11) is 3.97. The number of hydrogen-bond donors (Lipinski definition) is 3. The second kappa shape index (κ2) is 41.1. The number of rotatable bonds is 16. The number of nitrogens with zero attached hydrogens (tertiary/aromatic N) is 24. The summed E-state index contributed by atoms with van der Waals surface area (Å²) in [5, 5.41) is 34.4. The summed E-state index contributed by atoms with van der Waals surface area (Å²) in [5.41, 5.74) is 26.4.